The van der Waals surface area contributed by atoms with Crippen LogP contribution in [-0.4, -0.2) is 40.7 Å². The molecule has 0 atom stereocenters. The maximum absolute atomic E-state index is 11.3. The molecule has 0 radical (unpaired) electrons. The van der Waals surface area contributed by atoms with Crippen molar-refractivity contribution in [3.05, 3.63) is 0 Å². The largest absolute Gasteiger partial charge is 0.332 e. The van der Waals surface area contributed by atoms with Crippen LogP contribution in [0.5, 0.6) is 0 Å². The summed E-state index contributed by atoms with van der Waals surface area (Å²) in [6.07, 6.45) is 0.878. The van der Waals surface area contributed by atoms with E-state index >= 15 is 0 Å². The molecule has 0 aliphatic carbocycles. The van der Waals surface area contributed by atoms with Gasteiger partial charge in [0.25, 0.3) is 5.91 Å². The number of urea groups is 1. The summed E-state index contributed by atoms with van der Waals surface area (Å²) in [6, 6.07) is -0.528. The number of hydrogen-bond acceptors (Lipinski definition) is 3. The molecule has 12 heavy (non-hydrogen) atoms. The molecule has 1 saturated heterocycles. The van der Waals surface area contributed by atoms with Crippen molar-refractivity contribution in [3.8, 4) is 0 Å². The molecule has 1 fully saturated rings. The highest BCUT2D eigenvalue weighted by Gasteiger charge is 2.36. The number of hydrogen-bond donors (Lipinski definition) is 1. The zero-order chi connectivity index (χ0) is 9.30. The summed E-state index contributed by atoms with van der Waals surface area (Å²) >= 11 is 0. The molecule has 66 valence electrons. The first-order valence-corrected chi connectivity index (χ1v) is 3.71. The van der Waals surface area contributed by atoms with Crippen LogP contribution in [0.15, 0.2) is 0 Å². The number of carbonyl (C=O) groups is 2. The summed E-state index contributed by atoms with van der Waals surface area (Å²) in [7, 11) is 0. The van der Waals surface area contributed by atoms with Gasteiger partial charge in [0.05, 0.1) is 6.34 Å². The van der Waals surface area contributed by atoms with Gasteiger partial charge in [0.2, 0.25) is 0 Å². The Bertz CT molecular complexity index is 237. The number of imide groups is 1. The molecule has 0 unspecified atom stereocenters. The Morgan fingerprint density at radius 2 is 2.08 bits per heavy atom. The van der Waals surface area contributed by atoms with E-state index in [1.54, 1.807) is 13.8 Å². The van der Waals surface area contributed by atoms with Gasteiger partial charge >= 0.3 is 6.03 Å². The minimum atomic E-state index is -0.398. The van der Waals surface area contributed by atoms with Crippen molar-refractivity contribution in [2.45, 2.75) is 19.9 Å². The van der Waals surface area contributed by atoms with E-state index in [0.717, 1.165) is 16.1 Å². The van der Waals surface area contributed by atoms with Crippen LogP contribution in [0, 0.1) is 5.41 Å². The second kappa shape index (κ2) is 2.92. The van der Waals surface area contributed by atoms with Crippen molar-refractivity contribution in [2.24, 2.45) is 0 Å². The smallest absolute Gasteiger partial charge is 0.291 e. The van der Waals surface area contributed by atoms with Gasteiger partial charge in [0.15, 0.2) is 0 Å². The highest BCUT2D eigenvalue weighted by Crippen LogP contribution is 2.11. The van der Waals surface area contributed by atoms with E-state index < -0.39 is 6.03 Å². The summed E-state index contributed by atoms with van der Waals surface area (Å²) in [6.45, 7) is 3.53. The fraction of sp³-hybridized carbons (Fsp3) is 0.571. The Hall–Kier alpha value is -1.39. The molecular weight excluding hydrogens is 158 g/mol. The molecular formula is C7H11N3O2. The van der Waals surface area contributed by atoms with E-state index in [-0.39, 0.29) is 18.5 Å². The third-order valence-corrected chi connectivity index (χ3v) is 1.70. The predicted molar refractivity (Wildman–Crippen MR) is 42.9 cm³/mol. The minimum Gasteiger partial charge on any atom is -0.291 e. The molecule has 0 aromatic rings. The first-order chi connectivity index (χ1) is 5.57. The lowest BCUT2D eigenvalue weighted by Crippen LogP contribution is -2.37. The zero-order valence-electron chi connectivity index (χ0n) is 7.07. The summed E-state index contributed by atoms with van der Waals surface area (Å²) in [5.74, 6) is -0.237. The molecule has 1 aliphatic rings. The molecule has 0 saturated carbocycles. The minimum absolute atomic E-state index is 0.000509. The summed E-state index contributed by atoms with van der Waals surface area (Å²) < 4.78 is 0. The first kappa shape index (κ1) is 8.70. The van der Waals surface area contributed by atoms with Gasteiger partial charge in [-0.1, -0.05) is 0 Å². The second-order valence-corrected chi connectivity index (χ2v) is 2.90. The number of carbonyl (C=O) groups excluding carboxylic acids is 2. The molecule has 5 nitrogen and oxygen atoms in total. The quantitative estimate of drug-likeness (QED) is 0.366. The van der Waals surface area contributed by atoms with Crippen molar-refractivity contribution >= 4 is 18.3 Å². The van der Waals surface area contributed by atoms with Gasteiger partial charge in [-0.25, -0.2) is 4.79 Å². The molecule has 0 spiro atoms. The topological polar surface area (TPSA) is 64.5 Å². The van der Waals surface area contributed by atoms with E-state index in [1.807, 2.05) is 0 Å². The maximum atomic E-state index is 11.3. The standard InChI is InChI=1S/C7H11N3O2/c1-5(2)10-6(11)3-9(4-8)7(10)12/h4-5,8H,3H2,1-2H3. The van der Waals surface area contributed by atoms with Gasteiger partial charge < -0.3 is 0 Å². The molecule has 1 N–H and O–H groups in total. The number of amides is 3. The van der Waals surface area contributed by atoms with Crippen molar-refractivity contribution in [1.82, 2.24) is 9.80 Å². The lowest BCUT2D eigenvalue weighted by molar-refractivity contribution is -0.126. The molecule has 0 bridgehead atoms. The van der Waals surface area contributed by atoms with E-state index in [9.17, 15) is 9.59 Å². The van der Waals surface area contributed by atoms with Gasteiger partial charge in [-0.2, -0.15) is 0 Å². The van der Waals surface area contributed by atoms with Crippen LogP contribution < -0.4 is 0 Å². The average Bonchev–Trinajstić information content (AvgIpc) is 2.25. The van der Waals surface area contributed by atoms with Crippen LogP contribution in [0.4, 0.5) is 4.79 Å². The fourth-order valence-electron chi connectivity index (χ4n) is 1.14. The molecule has 1 heterocycles. The third kappa shape index (κ3) is 1.17. The van der Waals surface area contributed by atoms with Gasteiger partial charge in [-0.15, -0.1) is 0 Å². The van der Waals surface area contributed by atoms with Crippen LogP contribution in [0.1, 0.15) is 13.8 Å². The Kier molecular flexibility index (Phi) is 2.12. The second-order valence-electron chi connectivity index (χ2n) is 2.90. The number of rotatable bonds is 2. The lowest BCUT2D eigenvalue weighted by atomic mass is 10.3. The molecule has 3 amide bonds. The zero-order valence-corrected chi connectivity index (χ0v) is 7.07. The average molecular weight is 169 g/mol. The highest BCUT2D eigenvalue weighted by atomic mass is 16.2. The molecule has 1 rings (SSSR count). The Morgan fingerprint density at radius 3 is 2.33 bits per heavy atom. The normalized spacial score (nSPS) is 17.9. The van der Waals surface area contributed by atoms with E-state index in [4.69, 9.17) is 5.41 Å². The van der Waals surface area contributed by atoms with Crippen molar-refractivity contribution < 1.29 is 9.59 Å². The Balaban J connectivity index is 2.84. The van der Waals surface area contributed by atoms with Crippen LogP contribution in [-0.2, 0) is 4.79 Å². The first-order valence-electron chi connectivity index (χ1n) is 3.71. The Morgan fingerprint density at radius 1 is 1.50 bits per heavy atom. The third-order valence-electron chi connectivity index (χ3n) is 1.70. The summed E-state index contributed by atoms with van der Waals surface area (Å²) in [5.41, 5.74) is 0. The van der Waals surface area contributed by atoms with E-state index in [0.29, 0.717) is 0 Å². The van der Waals surface area contributed by atoms with Crippen LogP contribution in [0.25, 0.3) is 0 Å². The van der Waals surface area contributed by atoms with Gasteiger partial charge in [0.1, 0.15) is 6.54 Å². The summed E-state index contributed by atoms with van der Waals surface area (Å²) in [4.78, 5) is 24.7. The molecule has 1 aliphatic heterocycles. The van der Waals surface area contributed by atoms with Gasteiger partial charge in [-0.05, 0) is 13.8 Å². The van der Waals surface area contributed by atoms with E-state index in [1.165, 1.54) is 0 Å². The molecule has 0 aromatic heterocycles. The van der Waals surface area contributed by atoms with Crippen LogP contribution in [0.3, 0.4) is 0 Å². The predicted octanol–water partition coefficient (Wildman–Crippen LogP) is 0.266. The van der Waals surface area contributed by atoms with Crippen molar-refractivity contribution in [1.29, 1.82) is 5.41 Å². The van der Waals surface area contributed by atoms with Gasteiger partial charge in [0, 0.05) is 6.04 Å². The number of nitrogens with one attached hydrogen (secondary N) is 1. The Labute approximate surface area is 70.5 Å². The van der Waals surface area contributed by atoms with Crippen molar-refractivity contribution in [2.75, 3.05) is 6.54 Å². The van der Waals surface area contributed by atoms with E-state index in [2.05, 4.69) is 0 Å². The number of nitrogens with zero attached hydrogens (tertiary/aromatic N) is 2. The maximum Gasteiger partial charge on any atom is 0.332 e. The molecule has 0 aromatic carbocycles. The van der Waals surface area contributed by atoms with Crippen molar-refractivity contribution in [3.63, 3.8) is 0 Å². The highest BCUT2D eigenvalue weighted by molar-refractivity contribution is 6.06. The van der Waals surface area contributed by atoms with Crippen LogP contribution >= 0.6 is 0 Å². The monoisotopic (exact) mass is 169 g/mol. The lowest BCUT2D eigenvalue weighted by Gasteiger charge is -2.17. The summed E-state index contributed by atoms with van der Waals surface area (Å²) in [5, 5.41) is 6.85. The van der Waals surface area contributed by atoms with Crippen LogP contribution in [0.2, 0.25) is 0 Å². The molecule has 5 heteroatoms. The van der Waals surface area contributed by atoms with Gasteiger partial charge in [-0.3, -0.25) is 20.0 Å². The fourth-order valence-corrected chi connectivity index (χ4v) is 1.14. The SMILES string of the molecule is CC(C)N1C(=O)CN(C=N)C1=O.